The Bertz CT molecular complexity index is 1140. The lowest BCUT2D eigenvalue weighted by atomic mass is 9.87. The van der Waals surface area contributed by atoms with Gasteiger partial charge in [0.1, 0.15) is 0 Å². The van der Waals surface area contributed by atoms with Gasteiger partial charge in [0.25, 0.3) is 5.91 Å². The smallest absolute Gasteiger partial charge is 0.332 e. The molecule has 3 heterocycles. The summed E-state index contributed by atoms with van der Waals surface area (Å²) in [6.45, 7) is 2.27. The zero-order chi connectivity index (χ0) is 18.9. The number of aromatic nitrogens is 1. The second kappa shape index (κ2) is 5.50. The van der Waals surface area contributed by atoms with E-state index in [4.69, 9.17) is 23.2 Å². The highest BCUT2D eigenvalue weighted by Gasteiger charge is 2.59. The van der Waals surface area contributed by atoms with Gasteiger partial charge in [-0.2, -0.15) is 0 Å². The normalized spacial score (nSPS) is 21.7. The van der Waals surface area contributed by atoms with Crippen LogP contribution in [0.4, 0.5) is 10.5 Å². The van der Waals surface area contributed by atoms with Crippen molar-refractivity contribution in [1.29, 1.82) is 0 Å². The summed E-state index contributed by atoms with van der Waals surface area (Å²) in [5, 5.41) is 1.81. The molecule has 0 unspecified atom stereocenters. The first kappa shape index (κ1) is 16.7. The van der Waals surface area contributed by atoms with Crippen LogP contribution >= 0.6 is 23.2 Å². The molecule has 0 radical (unpaired) electrons. The number of nitrogens with zero attached hydrogens (tertiary/aromatic N) is 2. The van der Waals surface area contributed by atoms with Crippen LogP contribution in [0.2, 0.25) is 10.0 Å². The number of carbonyl (C=O) groups excluding carboxylic acids is 2. The van der Waals surface area contributed by atoms with Crippen LogP contribution in [0.25, 0.3) is 10.9 Å². The van der Waals surface area contributed by atoms with E-state index in [1.54, 1.807) is 24.0 Å². The standard InChI is InChI=1S/C20H15Cl2N3O2/c1-20-17-13(12-4-2-3-5-15(12)23-17)8-9-24(20)19(27)25(18(20)26)16-7-6-11(21)10-14(16)22/h2-7,10,23H,8-9H2,1H3/t20-/m1/s1. The fraction of sp³-hybridized carbons (Fsp3) is 0.200. The third kappa shape index (κ3) is 2.07. The summed E-state index contributed by atoms with van der Waals surface area (Å²) in [6.07, 6.45) is 0.691. The first-order chi connectivity index (χ1) is 12.9. The molecule has 0 saturated carbocycles. The Morgan fingerprint density at radius 3 is 2.67 bits per heavy atom. The number of benzene rings is 2. The lowest BCUT2D eigenvalue weighted by Crippen LogP contribution is -2.49. The summed E-state index contributed by atoms with van der Waals surface area (Å²) in [5.41, 5.74) is 2.10. The number of imide groups is 1. The monoisotopic (exact) mass is 399 g/mol. The van der Waals surface area contributed by atoms with Gasteiger partial charge in [-0.25, -0.2) is 9.69 Å². The minimum Gasteiger partial charge on any atom is -0.356 e. The fourth-order valence-electron chi connectivity index (χ4n) is 4.27. The first-order valence-electron chi connectivity index (χ1n) is 8.64. The van der Waals surface area contributed by atoms with Crippen LogP contribution in [-0.4, -0.2) is 28.4 Å². The third-order valence-electron chi connectivity index (χ3n) is 5.62. The Balaban J connectivity index is 1.70. The second-order valence-electron chi connectivity index (χ2n) is 7.02. The summed E-state index contributed by atoms with van der Waals surface area (Å²) < 4.78 is 0. The minimum atomic E-state index is -1.09. The molecule has 1 atom stereocenters. The van der Waals surface area contributed by atoms with Crippen LogP contribution in [0.3, 0.4) is 0 Å². The highest BCUT2D eigenvalue weighted by molar-refractivity contribution is 6.38. The van der Waals surface area contributed by atoms with Crippen molar-refractivity contribution < 1.29 is 9.59 Å². The molecule has 2 aliphatic heterocycles. The van der Waals surface area contributed by atoms with E-state index in [1.165, 1.54) is 11.0 Å². The molecule has 1 aromatic heterocycles. The van der Waals surface area contributed by atoms with Crippen LogP contribution in [0, 0.1) is 0 Å². The van der Waals surface area contributed by atoms with Gasteiger partial charge in [0.2, 0.25) is 0 Å². The van der Waals surface area contributed by atoms with E-state index in [-0.39, 0.29) is 17.0 Å². The fourth-order valence-corrected chi connectivity index (χ4v) is 4.76. The molecule has 0 spiro atoms. The number of hydrogen-bond acceptors (Lipinski definition) is 2. The summed E-state index contributed by atoms with van der Waals surface area (Å²) in [4.78, 5) is 32.8. The predicted octanol–water partition coefficient (Wildman–Crippen LogP) is 4.71. The van der Waals surface area contributed by atoms with Crippen molar-refractivity contribution >= 4 is 51.7 Å². The van der Waals surface area contributed by atoms with Gasteiger partial charge in [-0.1, -0.05) is 41.4 Å². The number of H-pyrrole nitrogens is 1. The van der Waals surface area contributed by atoms with Gasteiger partial charge in [0.05, 0.1) is 16.4 Å². The molecular weight excluding hydrogens is 385 g/mol. The van der Waals surface area contributed by atoms with Crippen molar-refractivity contribution in [3.63, 3.8) is 0 Å². The van der Waals surface area contributed by atoms with E-state index in [2.05, 4.69) is 4.98 Å². The maximum absolute atomic E-state index is 13.5. The average molecular weight is 400 g/mol. The number of anilines is 1. The van der Waals surface area contributed by atoms with Crippen molar-refractivity contribution in [1.82, 2.24) is 9.88 Å². The molecule has 3 aromatic rings. The summed E-state index contributed by atoms with van der Waals surface area (Å²) in [6, 6.07) is 12.3. The zero-order valence-electron chi connectivity index (χ0n) is 14.4. The number of urea groups is 1. The molecule has 1 fully saturated rings. The van der Waals surface area contributed by atoms with Crippen LogP contribution < -0.4 is 4.90 Å². The van der Waals surface area contributed by atoms with Gasteiger partial charge in [0, 0.05) is 22.5 Å². The average Bonchev–Trinajstić information content (AvgIpc) is 3.11. The molecule has 27 heavy (non-hydrogen) atoms. The molecule has 2 aliphatic rings. The minimum absolute atomic E-state index is 0.268. The quantitative estimate of drug-likeness (QED) is 0.602. The number of nitrogens with one attached hydrogen (secondary N) is 1. The lowest BCUT2D eigenvalue weighted by Gasteiger charge is -2.35. The molecule has 136 valence electrons. The van der Waals surface area contributed by atoms with E-state index >= 15 is 0 Å². The number of amides is 3. The predicted molar refractivity (Wildman–Crippen MR) is 105 cm³/mol. The van der Waals surface area contributed by atoms with E-state index in [9.17, 15) is 9.59 Å². The van der Waals surface area contributed by atoms with Gasteiger partial charge < -0.3 is 9.88 Å². The Kier molecular flexibility index (Phi) is 3.39. The zero-order valence-corrected chi connectivity index (χ0v) is 15.9. The Morgan fingerprint density at radius 1 is 1.11 bits per heavy atom. The Morgan fingerprint density at radius 2 is 1.89 bits per heavy atom. The summed E-state index contributed by atoms with van der Waals surface area (Å²) >= 11 is 12.3. The van der Waals surface area contributed by atoms with E-state index < -0.39 is 5.54 Å². The number of para-hydroxylation sites is 1. The molecule has 3 amide bonds. The highest BCUT2D eigenvalue weighted by Crippen LogP contribution is 2.46. The number of halogens is 2. The lowest BCUT2D eigenvalue weighted by molar-refractivity contribution is -0.125. The number of carbonyl (C=O) groups is 2. The number of hydrogen-bond donors (Lipinski definition) is 1. The molecular formula is C20H15Cl2N3O2. The number of aromatic amines is 1. The van der Waals surface area contributed by atoms with Crippen molar-refractivity contribution in [3.05, 3.63) is 63.8 Å². The molecule has 2 aromatic carbocycles. The van der Waals surface area contributed by atoms with E-state index in [0.717, 1.165) is 22.2 Å². The summed E-state index contributed by atoms with van der Waals surface area (Å²) in [7, 11) is 0. The van der Waals surface area contributed by atoms with E-state index in [0.29, 0.717) is 23.7 Å². The van der Waals surface area contributed by atoms with Crippen molar-refractivity contribution in [2.45, 2.75) is 18.9 Å². The molecule has 1 saturated heterocycles. The van der Waals surface area contributed by atoms with Gasteiger partial charge in [-0.05, 0) is 43.2 Å². The van der Waals surface area contributed by atoms with Gasteiger partial charge in [-0.15, -0.1) is 0 Å². The van der Waals surface area contributed by atoms with Crippen molar-refractivity contribution in [2.24, 2.45) is 0 Å². The third-order valence-corrected chi connectivity index (χ3v) is 6.16. The van der Waals surface area contributed by atoms with E-state index in [1.807, 2.05) is 24.3 Å². The largest absolute Gasteiger partial charge is 0.356 e. The number of rotatable bonds is 1. The number of fused-ring (bicyclic) bond motifs is 5. The Hall–Kier alpha value is -2.50. The van der Waals surface area contributed by atoms with Gasteiger partial charge in [-0.3, -0.25) is 4.79 Å². The Labute approximate surface area is 165 Å². The van der Waals surface area contributed by atoms with Crippen molar-refractivity contribution in [3.8, 4) is 0 Å². The molecule has 0 aliphatic carbocycles. The van der Waals surface area contributed by atoms with Crippen molar-refractivity contribution in [2.75, 3.05) is 11.4 Å². The van der Waals surface area contributed by atoms with Crippen LogP contribution in [0.15, 0.2) is 42.5 Å². The van der Waals surface area contributed by atoms with Gasteiger partial charge in [0.15, 0.2) is 5.54 Å². The molecule has 0 bridgehead atoms. The highest BCUT2D eigenvalue weighted by atomic mass is 35.5. The van der Waals surface area contributed by atoms with Crippen LogP contribution in [0.5, 0.6) is 0 Å². The topological polar surface area (TPSA) is 56.4 Å². The molecule has 7 heteroatoms. The molecule has 1 N–H and O–H groups in total. The first-order valence-corrected chi connectivity index (χ1v) is 9.40. The van der Waals surface area contributed by atoms with Crippen LogP contribution in [-0.2, 0) is 16.8 Å². The summed E-state index contributed by atoms with van der Waals surface area (Å²) in [5.74, 6) is -0.316. The van der Waals surface area contributed by atoms with Gasteiger partial charge >= 0.3 is 6.03 Å². The maximum Gasteiger partial charge on any atom is 0.332 e. The van der Waals surface area contributed by atoms with Crippen LogP contribution in [0.1, 0.15) is 18.2 Å². The second-order valence-corrected chi connectivity index (χ2v) is 7.86. The SMILES string of the molecule is C[C@@]12C(=O)N(c3ccc(Cl)cc3Cl)C(=O)N1CCc1c2[nH]c2ccccc12. The molecule has 5 rings (SSSR count). The molecule has 5 nitrogen and oxygen atoms in total. The maximum atomic E-state index is 13.5.